The number of alkyl carbamates (subject to hydrolysis) is 2. The van der Waals surface area contributed by atoms with Crippen LogP contribution in [0.2, 0.25) is 0 Å². The molecule has 5 unspecified atom stereocenters. The van der Waals surface area contributed by atoms with Crippen LogP contribution in [0.25, 0.3) is 22.4 Å². The van der Waals surface area contributed by atoms with Gasteiger partial charge in [0.25, 0.3) is 11.8 Å². The summed E-state index contributed by atoms with van der Waals surface area (Å²) in [6.07, 6.45) is 3.33. The Kier molecular flexibility index (Phi) is 14.2. The van der Waals surface area contributed by atoms with Crippen molar-refractivity contribution in [2.45, 2.75) is 140 Å². The van der Waals surface area contributed by atoms with Crippen LogP contribution in [0.4, 0.5) is 27.2 Å². The molecule has 0 bridgehead atoms. The van der Waals surface area contributed by atoms with Gasteiger partial charge in [-0.3, -0.25) is 19.7 Å². The van der Waals surface area contributed by atoms with Gasteiger partial charge in [0.15, 0.2) is 0 Å². The number of nitrogens with zero attached hydrogens (tertiary/aromatic N) is 3. The minimum Gasteiger partial charge on any atom is -0.453 e. The molecule has 2 aliphatic carbocycles. The van der Waals surface area contributed by atoms with Crippen molar-refractivity contribution in [2.24, 2.45) is 23.2 Å². The largest absolute Gasteiger partial charge is 0.453 e. The molecule has 4 saturated heterocycles. The third-order valence-electron chi connectivity index (χ3n) is 16.2. The fourth-order valence-corrected chi connectivity index (χ4v) is 12.3. The van der Waals surface area contributed by atoms with Crippen molar-refractivity contribution < 1.29 is 55.7 Å². The molecule has 20 heteroatoms. The van der Waals surface area contributed by atoms with Crippen LogP contribution in [0.1, 0.15) is 107 Å². The fourth-order valence-electron chi connectivity index (χ4n) is 12.3. The Morgan fingerprint density at radius 2 is 1.39 bits per heavy atom. The van der Waals surface area contributed by atoms with Crippen molar-refractivity contribution in [3.8, 4) is 22.4 Å². The molecule has 5 fully saturated rings. The van der Waals surface area contributed by atoms with Crippen LogP contribution in [0.5, 0.6) is 0 Å². The van der Waals surface area contributed by atoms with Crippen LogP contribution >= 0.6 is 0 Å². The molecule has 5 amide bonds. The predicted octanol–water partition coefficient (Wildman–Crippen LogP) is 6.84. The van der Waals surface area contributed by atoms with Crippen molar-refractivity contribution in [3.05, 3.63) is 65.1 Å². The van der Waals surface area contributed by atoms with E-state index in [2.05, 4.69) is 48.1 Å². The molecule has 3 aromatic rings. The lowest BCUT2D eigenvalue weighted by Gasteiger charge is -2.46. The average molecular weight is 1010 g/mol. The van der Waals surface area contributed by atoms with Gasteiger partial charge < -0.3 is 44.9 Å². The number of alkyl halides is 4. The fraction of sp³-hybridized carbons (Fsp3) is 0.615. The molecule has 390 valence electrons. The maximum Gasteiger partial charge on any atom is 0.407 e. The molecule has 72 heavy (non-hydrogen) atoms. The second-order valence-corrected chi connectivity index (χ2v) is 21.6. The second kappa shape index (κ2) is 19.9. The number of aromatic nitrogens is 2. The summed E-state index contributed by atoms with van der Waals surface area (Å²) in [5, 5.41) is 11.5. The first-order chi connectivity index (χ1) is 34.2. The Bertz CT molecular complexity index is 2550. The number of methoxy groups -OCH3 is 2. The lowest BCUT2D eigenvalue weighted by atomic mass is 9.71. The topological polar surface area (TPSA) is 196 Å². The molecule has 1 aromatic heterocycles. The molecule has 8 atom stereocenters. The van der Waals surface area contributed by atoms with E-state index in [9.17, 15) is 24.0 Å². The Labute approximate surface area is 416 Å². The zero-order valence-electron chi connectivity index (χ0n) is 41.6. The first kappa shape index (κ1) is 51.2. The molecule has 6 aliphatic rings. The molecule has 1 saturated carbocycles. The van der Waals surface area contributed by atoms with Gasteiger partial charge in [0.1, 0.15) is 24.1 Å². The van der Waals surface area contributed by atoms with Crippen LogP contribution in [-0.2, 0) is 41.4 Å². The number of aromatic amines is 1. The van der Waals surface area contributed by atoms with E-state index in [1.54, 1.807) is 33.9 Å². The first-order valence-corrected chi connectivity index (χ1v) is 25.2. The van der Waals surface area contributed by atoms with E-state index in [4.69, 9.17) is 9.47 Å². The Morgan fingerprint density at radius 1 is 0.792 bits per heavy atom. The monoisotopic (exact) mass is 1010 g/mol. The van der Waals surface area contributed by atoms with E-state index in [1.165, 1.54) is 23.8 Å². The molecule has 2 aromatic carbocycles. The van der Waals surface area contributed by atoms with Crippen LogP contribution < -0.4 is 21.3 Å². The number of rotatable bonds is 11. The number of hydrogen-bond acceptors (Lipinski definition) is 10. The number of benzene rings is 2. The lowest BCUT2D eigenvalue weighted by Crippen LogP contribution is -2.68. The summed E-state index contributed by atoms with van der Waals surface area (Å²) in [6, 6.07) is 7.83. The van der Waals surface area contributed by atoms with E-state index >= 15 is 17.6 Å². The smallest absolute Gasteiger partial charge is 0.407 e. The number of fused-ring (bicyclic) bond motifs is 2. The van der Waals surface area contributed by atoms with Crippen LogP contribution in [0.15, 0.2) is 42.6 Å². The van der Waals surface area contributed by atoms with Crippen LogP contribution in [-0.4, -0.2) is 132 Å². The van der Waals surface area contributed by atoms with Crippen molar-refractivity contribution in [2.75, 3.05) is 40.5 Å². The summed E-state index contributed by atoms with van der Waals surface area (Å²) < 4.78 is 75.6. The normalized spacial score (nSPS) is 27.0. The molecule has 1 spiro atoms. The highest BCUT2D eigenvalue weighted by Gasteiger charge is 2.55. The van der Waals surface area contributed by atoms with Gasteiger partial charge in [0, 0.05) is 32.1 Å². The number of imidazole rings is 1. The van der Waals surface area contributed by atoms with Gasteiger partial charge in [0.2, 0.25) is 17.7 Å². The number of halogens is 4. The van der Waals surface area contributed by atoms with Crippen LogP contribution in [0.3, 0.4) is 0 Å². The second-order valence-electron chi connectivity index (χ2n) is 21.6. The summed E-state index contributed by atoms with van der Waals surface area (Å²) in [6.45, 7) is 6.58. The standard InChI is InChI=1S/C52H66F4N8O8/c1-27(2)41(60-48(68)70-5)46(66)63-25-51(53,54)22-39(63)43-57-24-38(59-43)30-9-7-29(8-10-30)32-12-13-33(36-21-50(20-35(32)36)15-17-72-18-16-50)31-11-14-37-34(19-31)45(65)62-44(58-37)40-23-52(55,56)26-64(40)47(67)42(28(3)4)61-49(69)71-6/h7-10,12-13,24,27-28,31,34,37,39-42,44,58H,11,14-23,25-26H2,1-6H3,(H,57,59)(H,60,68)(H,61,69)(H,62,65)/t31?,34?,37?,39?,40-,41-,42-,44?/m0/s1. The highest BCUT2D eigenvalue weighted by Crippen LogP contribution is 2.52. The summed E-state index contributed by atoms with van der Waals surface area (Å²) in [5.41, 5.74) is 7.33. The Morgan fingerprint density at radius 3 is 2.03 bits per heavy atom. The van der Waals surface area contributed by atoms with Gasteiger partial charge >= 0.3 is 12.2 Å². The van der Waals surface area contributed by atoms with Gasteiger partial charge in [-0.1, -0.05) is 64.1 Å². The Balaban J connectivity index is 0.925. The number of carbonyl (C=O) groups excluding carboxylic acids is 5. The van der Waals surface area contributed by atoms with Gasteiger partial charge in [-0.2, -0.15) is 0 Å². The van der Waals surface area contributed by atoms with E-state index in [0.717, 1.165) is 65.7 Å². The summed E-state index contributed by atoms with van der Waals surface area (Å²) >= 11 is 0. The zero-order chi connectivity index (χ0) is 51.4. The van der Waals surface area contributed by atoms with E-state index in [0.29, 0.717) is 31.7 Å². The number of hydrogen-bond donors (Lipinski definition) is 5. The van der Waals surface area contributed by atoms with E-state index < -0.39 is 110 Å². The average Bonchev–Trinajstić information content (AvgIpc) is 4.14. The first-order valence-electron chi connectivity index (χ1n) is 25.2. The summed E-state index contributed by atoms with van der Waals surface area (Å²) in [5.74, 6) is -8.83. The maximum absolute atomic E-state index is 15.2. The highest BCUT2D eigenvalue weighted by molar-refractivity contribution is 5.88. The molecule has 0 radical (unpaired) electrons. The molecular formula is C52H66F4N8O8. The molecule has 5 N–H and O–H groups in total. The summed E-state index contributed by atoms with van der Waals surface area (Å²) in [7, 11) is 2.33. The van der Waals surface area contributed by atoms with Gasteiger partial charge in [-0.25, -0.2) is 32.1 Å². The molecular weight excluding hydrogens is 941 g/mol. The lowest BCUT2D eigenvalue weighted by molar-refractivity contribution is -0.140. The van der Waals surface area contributed by atoms with Gasteiger partial charge in [0.05, 0.1) is 57.2 Å². The SMILES string of the molecule is COC(=O)N[C@H](C(=O)N1CC(F)(F)CC1c1ncc(-c2ccc(-c3ccc(C4CCC5NC([C@@H]6CC(F)(F)CN6C(=O)[C@@H](NC(=O)OC)C(C)C)NC(=O)C5C4)c4c3CC3(CCOCC3)C4)cc2)[nH]1)C(C)C. The Hall–Kier alpha value is -5.76. The molecule has 4 aliphatic heterocycles. The third-order valence-corrected chi connectivity index (χ3v) is 16.2. The minimum atomic E-state index is -3.19. The predicted molar refractivity (Wildman–Crippen MR) is 256 cm³/mol. The quantitative estimate of drug-likeness (QED) is 0.127. The van der Waals surface area contributed by atoms with Crippen molar-refractivity contribution in [1.29, 1.82) is 0 Å². The van der Waals surface area contributed by atoms with Crippen molar-refractivity contribution in [3.63, 3.8) is 0 Å². The molecule has 16 nitrogen and oxygen atoms in total. The molecule has 5 heterocycles. The summed E-state index contributed by atoms with van der Waals surface area (Å²) in [4.78, 5) is 75.7. The van der Waals surface area contributed by atoms with Gasteiger partial charge in [-0.05, 0) is 101 Å². The van der Waals surface area contributed by atoms with Crippen LogP contribution in [0, 0.1) is 23.2 Å². The number of amides is 5. The molecule has 9 rings (SSSR count). The number of H-pyrrole nitrogens is 1. The maximum atomic E-state index is 15.2. The minimum absolute atomic E-state index is 0.0381. The number of ether oxygens (including phenoxy) is 3. The van der Waals surface area contributed by atoms with Crippen molar-refractivity contribution in [1.82, 2.24) is 41.0 Å². The van der Waals surface area contributed by atoms with E-state index in [1.807, 2.05) is 24.3 Å². The van der Waals surface area contributed by atoms with E-state index in [-0.39, 0.29) is 29.1 Å². The van der Waals surface area contributed by atoms with Crippen molar-refractivity contribution >= 4 is 29.9 Å². The third kappa shape index (κ3) is 10.1. The number of carbonyl (C=O) groups is 5. The van der Waals surface area contributed by atoms with Gasteiger partial charge in [-0.15, -0.1) is 0 Å². The number of likely N-dealkylation sites (tertiary alicyclic amines) is 2. The number of nitrogens with one attached hydrogen (secondary N) is 5. The zero-order valence-corrected chi connectivity index (χ0v) is 41.6. The highest BCUT2D eigenvalue weighted by atomic mass is 19.3.